The van der Waals surface area contributed by atoms with Crippen LogP contribution in [0.2, 0.25) is 0 Å². The molecule has 6 saturated carbocycles. The van der Waals surface area contributed by atoms with E-state index >= 15 is 0 Å². The molecule has 1 aromatic carbocycles. The van der Waals surface area contributed by atoms with Crippen molar-refractivity contribution in [2.75, 3.05) is 0 Å². The minimum absolute atomic E-state index is 0.725. The van der Waals surface area contributed by atoms with Crippen molar-refractivity contribution in [3.05, 3.63) is 41.0 Å². The van der Waals surface area contributed by atoms with Gasteiger partial charge >= 0.3 is 269 Å². The third kappa shape index (κ3) is 4.47. The van der Waals surface area contributed by atoms with Gasteiger partial charge in [-0.15, -0.1) is 0 Å². The van der Waals surface area contributed by atoms with Crippen LogP contribution < -0.4 is 0 Å². The van der Waals surface area contributed by atoms with Gasteiger partial charge in [0.2, 0.25) is 0 Å². The van der Waals surface area contributed by atoms with E-state index in [0.29, 0.717) is 0 Å². The molecule has 6 aliphatic rings. The van der Waals surface area contributed by atoms with E-state index in [2.05, 4.69) is 36.4 Å². The Morgan fingerprint density at radius 2 is 0.667 bits per heavy atom. The topological polar surface area (TPSA) is 0 Å². The fourth-order valence-electron chi connectivity index (χ4n) is 12.9. The number of rotatable bonds is 9. The van der Waals surface area contributed by atoms with Crippen LogP contribution in [0.4, 0.5) is 0 Å². The van der Waals surface area contributed by atoms with E-state index in [0.717, 1.165) is 34.0 Å². The van der Waals surface area contributed by atoms with E-state index in [4.69, 9.17) is 0 Å². The fraction of sp³-hybridized carbons (Fsp3) is 0.789. The molecule has 0 aromatic heterocycles. The molecule has 0 unspecified atom stereocenters. The van der Waals surface area contributed by atoms with Crippen LogP contribution in [0, 0.1) is 0 Å². The standard InChI is InChI=1S/C38H60Cl2P2/c39-41(32-18-4-5-19-32,33-20-6-7-21-33,34-22-8-9-23-34)38(30-31-16-2-1-3-17-31)42(40,35-24-10-11-25-35,36-26-12-13-27-36)37-28-14-15-29-37/h1-3,16-17,30,32-37H,4-15,18-29H2. The van der Waals surface area contributed by atoms with Gasteiger partial charge in [0.25, 0.3) is 0 Å². The van der Waals surface area contributed by atoms with Crippen molar-refractivity contribution in [2.45, 2.75) is 188 Å². The molecule has 0 atom stereocenters. The van der Waals surface area contributed by atoms with Crippen LogP contribution in [0.25, 0.3) is 6.08 Å². The summed E-state index contributed by atoms with van der Waals surface area (Å²) in [6.07, 6.45) is 36.4. The second-order valence-corrected chi connectivity index (χ2v) is 31.0. The van der Waals surface area contributed by atoms with Gasteiger partial charge in [0.1, 0.15) is 0 Å². The van der Waals surface area contributed by atoms with Crippen molar-refractivity contribution in [1.29, 1.82) is 0 Å². The zero-order chi connectivity index (χ0) is 28.7. The first kappa shape index (κ1) is 31.0. The number of benzene rings is 1. The molecule has 0 nitrogen and oxygen atoms in total. The van der Waals surface area contributed by atoms with Crippen molar-refractivity contribution >= 4 is 40.5 Å². The molecule has 0 bridgehead atoms. The SMILES string of the molecule is ClP(C(=Cc1ccccc1)P(Cl)(C1CCCC1)(C1CCCC1)C1CCCC1)(C1CCCC1)(C1CCCC1)C1CCCC1. The van der Waals surface area contributed by atoms with Gasteiger partial charge < -0.3 is 0 Å². The monoisotopic (exact) mass is 648 g/mol. The number of hydrogen-bond acceptors (Lipinski definition) is 0. The minimum atomic E-state index is -3.01. The van der Waals surface area contributed by atoms with Gasteiger partial charge in [-0.3, -0.25) is 0 Å². The molecule has 0 spiro atoms. The summed E-state index contributed by atoms with van der Waals surface area (Å²) in [6.45, 7) is 0. The van der Waals surface area contributed by atoms with Gasteiger partial charge in [-0.05, 0) is 0 Å². The third-order valence-electron chi connectivity index (χ3n) is 14.5. The molecule has 236 valence electrons. The Kier molecular flexibility index (Phi) is 9.02. The zero-order valence-corrected chi connectivity index (χ0v) is 29.8. The third-order valence-corrected chi connectivity index (χ3v) is 38.1. The Balaban J connectivity index is 1.62. The van der Waals surface area contributed by atoms with E-state index in [9.17, 15) is 22.5 Å². The van der Waals surface area contributed by atoms with Crippen LogP contribution in [-0.2, 0) is 0 Å². The van der Waals surface area contributed by atoms with Gasteiger partial charge in [0, 0.05) is 0 Å². The molecule has 0 heterocycles. The number of hydrogen-bond donors (Lipinski definition) is 0. The van der Waals surface area contributed by atoms with Gasteiger partial charge in [0.05, 0.1) is 0 Å². The molecule has 0 amide bonds. The molecule has 0 radical (unpaired) electrons. The summed E-state index contributed by atoms with van der Waals surface area (Å²) in [5.41, 5.74) is 5.78. The van der Waals surface area contributed by atoms with Crippen LogP contribution in [0.5, 0.6) is 0 Å². The van der Waals surface area contributed by atoms with Gasteiger partial charge in [-0.2, -0.15) is 0 Å². The quantitative estimate of drug-likeness (QED) is 0.234. The van der Waals surface area contributed by atoms with Crippen molar-refractivity contribution in [1.82, 2.24) is 0 Å². The molecule has 1 aromatic rings. The normalized spacial score (nSPS) is 28.3. The first-order valence-electron chi connectivity index (χ1n) is 18.7. The molecule has 7 rings (SSSR count). The van der Waals surface area contributed by atoms with Crippen molar-refractivity contribution in [2.24, 2.45) is 0 Å². The number of halogens is 2. The molecule has 6 aliphatic carbocycles. The Bertz CT molecular complexity index is 940. The molecular weight excluding hydrogens is 589 g/mol. The summed E-state index contributed by atoms with van der Waals surface area (Å²) in [5, 5.41) is 1.90. The Morgan fingerprint density at radius 3 is 0.905 bits per heavy atom. The van der Waals surface area contributed by atoms with E-state index < -0.39 is 11.9 Å². The fourth-order valence-corrected chi connectivity index (χ4v) is 41.7. The average molecular weight is 650 g/mol. The van der Waals surface area contributed by atoms with Crippen LogP contribution >= 0.6 is 34.4 Å². The van der Waals surface area contributed by atoms with E-state index in [1.807, 2.05) is 5.06 Å². The Hall–Kier alpha value is 0.400. The average Bonchev–Trinajstić information content (AvgIpc) is 3.88. The predicted octanol–water partition coefficient (Wildman–Crippen LogP) is 14.1. The zero-order valence-electron chi connectivity index (χ0n) is 26.5. The van der Waals surface area contributed by atoms with Crippen LogP contribution in [0.1, 0.15) is 160 Å². The summed E-state index contributed by atoms with van der Waals surface area (Å²) < 4.78 is 0. The van der Waals surface area contributed by atoms with Gasteiger partial charge in [-0.25, -0.2) is 0 Å². The van der Waals surface area contributed by atoms with Crippen molar-refractivity contribution in [3.63, 3.8) is 0 Å². The Morgan fingerprint density at radius 1 is 0.429 bits per heavy atom. The van der Waals surface area contributed by atoms with Crippen LogP contribution in [-0.4, -0.2) is 34.0 Å². The second-order valence-electron chi connectivity index (χ2n) is 16.0. The molecule has 0 saturated heterocycles. The Labute approximate surface area is 268 Å². The molecule has 6 fully saturated rings. The summed E-state index contributed by atoms with van der Waals surface area (Å²) in [7, 11) is 0. The first-order chi connectivity index (χ1) is 20.5. The summed E-state index contributed by atoms with van der Waals surface area (Å²) in [6, 6.07) is 11.6. The molecule has 42 heavy (non-hydrogen) atoms. The maximum atomic E-state index is 9.55. The van der Waals surface area contributed by atoms with Crippen LogP contribution in [0.3, 0.4) is 0 Å². The maximum absolute atomic E-state index is 9.55. The van der Waals surface area contributed by atoms with E-state index in [1.54, 1.807) is 0 Å². The summed E-state index contributed by atoms with van der Waals surface area (Å²) >= 11 is 19.1. The van der Waals surface area contributed by atoms with Gasteiger partial charge in [0.15, 0.2) is 0 Å². The van der Waals surface area contributed by atoms with E-state index in [-0.39, 0.29) is 0 Å². The second kappa shape index (κ2) is 12.2. The van der Waals surface area contributed by atoms with Crippen molar-refractivity contribution in [3.8, 4) is 0 Å². The first-order valence-corrected chi connectivity index (χ1v) is 25.4. The van der Waals surface area contributed by atoms with Crippen molar-refractivity contribution < 1.29 is 0 Å². The van der Waals surface area contributed by atoms with Crippen LogP contribution in [0.15, 0.2) is 35.4 Å². The summed E-state index contributed by atoms with van der Waals surface area (Å²) in [4.78, 5) is 0. The summed E-state index contributed by atoms with van der Waals surface area (Å²) in [5.74, 6) is -6.01. The molecular formula is C38H60Cl2P2. The van der Waals surface area contributed by atoms with Gasteiger partial charge in [-0.1, -0.05) is 0 Å². The molecule has 4 heteroatoms. The predicted molar refractivity (Wildman–Crippen MR) is 194 cm³/mol. The molecule has 0 N–H and O–H groups in total. The van der Waals surface area contributed by atoms with E-state index in [1.165, 1.54) is 160 Å². The molecule has 0 aliphatic heterocycles.